The number of hydrogen-bond acceptors (Lipinski definition) is 9. The Balaban J connectivity index is 1.57. The van der Waals surface area contributed by atoms with E-state index in [-0.39, 0.29) is 30.6 Å². The van der Waals surface area contributed by atoms with E-state index in [1.165, 1.54) is 32.0 Å². The van der Waals surface area contributed by atoms with Crippen molar-refractivity contribution in [1.82, 2.24) is 29.7 Å². The Hall–Kier alpha value is -4.10. The molecule has 5 rings (SSSR count). The lowest BCUT2D eigenvalue weighted by atomic mass is 9.72. The highest BCUT2D eigenvalue weighted by Gasteiger charge is 2.44. The minimum Gasteiger partial charge on any atom is -0.480 e. The van der Waals surface area contributed by atoms with Gasteiger partial charge in [0.1, 0.15) is 16.8 Å². The molecule has 0 spiro atoms. The Morgan fingerprint density at radius 1 is 1.27 bits per heavy atom. The Kier molecular flexibility index (Phi) is 9.16. The van der Waals surface area contributed by atoms with Crippen LogP contribution in [0.2, 0.25) is 5.02 Å². The van der Waals surface area contributed by atoms with Crippen molar-refractivity contribution in [3.63, 3.8) is 0 Å². The monoisotopic (exact) mass is 622 g/mol. The van der Waals surface area contributed by atoms with Crippen LogP contribution in [0, 0.1) is 5.92 Å². The number of allylic oxidation sites excluding steroid dienone is 2. The first-order valence-electron chi connectivity index (χ1n) is 14.2. The topological polar surface area (TPSA) is 150 Å². The number of ether oxygens (including phenoxy) is 2. The van der Waals surface area contributed by atoms with Crippen LogP contribution >= 0.6 is 11.6 Å². The fourth-order valence-corrected chi connectivity index (χ4v) is 5.91. The van der Waals surface area contributed by atoms with Crippen LogP contribution in [0.15, 0.2) is 64.5 Å². The van der Waals surface area contributed by atoms with Crippen LogP contribution in [0.5, 0.6) is 5.88 Å². The molecule has 44 heavy (non-hydrogen) atoms. The SMILES string of the molecule is COc1nc(C2(NC(=O)c3cn(C)c(=O)n(C)c3=O)C=CC=C(c3ccccc3Cl)C2C)cnc1CN[C@@H]1CCOC[C@@H]1O. The lowest BCUT2D eigenvalue weighted by Crippen LogP contribution is -2.52. The van der Waals surface area contributed by atoms with E-state index in [0.29, 0.717) is 29.4 Å². The summed E-state index contributed by atoms with van der Waals surface area (Å²) in [5.74, 6) is -0.913. The zero-order valence-corrected chi connectivity index (χ0v) is 25.7. The van der Waals surface area contributed by atoms with Crippen LogP contribution in [0.3, 0.4) is 0 Å². The summed E-state index contributed by atoms with van der Waals surface area (Å²) >= 11 is 6.60. The van der Waals surface area contributed by atoms with Crippen LogP contribution in [-0.4, -0.2) is 62.6 Å². The van der Waals surface area contributed by atoms with Crippen LogP contribution < -0.4 is 26.6 Å². The number of carbonyl (C=O) groups is 1. The summed E-state index contributed by atoms with van der Waals surface area (Å²) in [4.78, 5) is 48.7. The Labute approximate surface area is 259 Å². The molecule has 1 fully saturated rings. The third-order valence-corrected chi connectivity index (χ3v) is 8.60. The Morgan fingerprint density at radius 3 is 2.77 bits per heavy atom. The fourth-order valence-electron chi connectivity index (χ4n) is 5.67. The highest BCUT2D eigenvalue weighted by atomic mass is 35.5. The lowest BCUT2D eigenvalue weighted by molar-refractivity contribution is -0.0281. The van der Waals surface area contributed by atoms with Crippen molar-refractivity contribution in [3.05, 3.63) is 103 Å². The molecule has 3 N–H and O–H groups in total. The number of rotatable bonds is 8. The van der Waals surface area contributed by atoms with Gasteiger partial charge < -0.3 is 29.8 Å². The maximum atomic E-state index is 13.9. The van der Waals surface area contributed by atoms with Gasteiger partial charge in [-0.05, 0) is 23.6 Å². The third kappa shape index (κ3) is 5.85. The molecule has 2 aliphatic rings. The number of halogens is 1. The van der Waals surface area contributed by atoms with Crippen molar-refractivity contribution in [2.24, 2.45) is 20.0 Å². The minimum atomic E-state index is -1.30. The molecule has 1 saturated heterocycles. The number of benzene rings is 1. The molecule has 2 unspecified atom stereocenters. The zero-order valence-electron chi connectivity index (χ0n) is 24.9. The van der Waals surface area contributed by atoms with Gasteiger partial charge in [-0.15, -0.1) is 0 Å². The van der Waals surface area contributed by atoms with Gasteiger partial charge in [0.2, 0.25) is 5.88 Å². The van der Waals surface area contributed by atoms with Crippen LogP contribution in [0.4, 0.5) is 0 Å². The molecular weight excluding hydrogens is 588 g/mol. The summed E-state index contributed by atoms with van der Waals surface area (Å²) in [7, 11) is 4.27. The number of methoxy groups -OCH3 is 1. The second-order valence-electron chi connectivity index (χ2n) is 10.9. The second-order valence-corrected chi connectivity index (χ2v) is 11.3. The van der Waals surface area contributed by atoms with E-state index >= 15 is 0 Å². The van der Waals surface area contributed by atoms with E-state index in [2.05, 4.69) is 15.6 Å². The molecule has 12 nitrogen and oxygen atoms in total. The molecule has 1 aliphatic heterocycles. The number of aryl methyl sites for hydroxylation is 1. The van der Waals surface area contributed by atoms with Gasteiger partial charge in [0.15, 0.2) is 0 Å². The van der Waals surface area contributed by atoms with Crippen molar-refractivity contribution in [1.29, 1.82) is 0 Å². The normalized spacial score (nSPS) is 23.2. The average Bonchev–Trinajstić information content (AvgIpc) is 3.02. The van der Waals surface area contributed by atoms with Crippen molar-refractivity contribution in [2.45, 2.75) is 37.6 Å². The van der Waals surface area contributed by atoms with Gasteiger partial charge in [-0.1, -0.05) is 55.0 Å². The Morgan fingerprint density at radius 2 is 2.05 bits per heavy atom. The average molecular weight is 623 g/mol. The molecule has 13 heteroatoms. The van der Waals surface area contributed by atoms with Crippen LogP contribution in [-0.2, 0) is 30.9 Å². The molecule has 1 amide bonds. The van der Waals surface area contributed by atoms with E-state index in [0.717, 1.165) is 15.7 Å². The van der Waals surface area contributed by atoms with Crippen molar-refractivity contribution >= 4 is 23.1 Å². The first kappa shape index (κ1) is 31.3. The maximum Gasteiger partial charge on any atom is 0.330 e. The molecule has 1 aliphatic carbocycles. The molecule has 0 bridgehead atoms. The molecule has 4 atom stereocenters. The fraction of sp³-hybridized carbons (Fsp3) is 0.387. The standard InChI is InChI=1S/C31H35ClN6O6/c1-18-19(20-8-5-6-10-22(20)32)9-7-12-31(18,36-27(40)21-16-37(2)30(42)38(3)29(21)41)26-15-34-24(28(35-26)43-4)14-33-23-11-13-44-17-25(23)39/h5-10,12,15-16,18,23,25,33,39H,11,13-14,17H2,1-4H3,(H,36,40)/t18?,23-,25+,31?/m1/s1. The maximum absolute atomic E-state index is 13.9. The van der Waals surface area contributed by atoms with Crippen LogP contribution in [0.25, 0.3) is 5.57 Å². The van der Waals surface area contributed by atoms with Gasteiger partial charge in [0, 0.05) is 50.4 Å². The van der Waals surface area contributed by atoms with E-state index in [4.69, 9.17) is 26.1 Å². The third-order valence-electron chi connectivity index (χ3n) is 8.27. The predicted octanol–water partition coefficient (Wildman–Crippen LogP) is 1.69. The minimum absolute atomic E-state index is 0.172. The van der Waals surface area contributed by atoms with Crippen molar-refractivity contribution < 1.29 is 19.4 Å². The lowest BCUT2D eigenvalue weighted by Gasteiger charge is -2.40. The number of carbonyl (C=O) groups excluding carboxylic acids is 1. The predicted molar refractivity (Wildman–Crippen MR) is 164 cm³/mol. The summed E-state index contributed by atoms with van der Waals surface area (Å²) in [6, 6.07) is 7.22. The largest absolute Gasteiger partial charge is 0.480 e. The number of hydrogen-bond donors (Lipinski definition) is 3. The Bertz CT molecular complexity index is 1750. The van der Waals surface area contributed by atoms with Gasteiger partial charge >= 0.3 is 5.69 Å². The zero-order chi connectivity index (χ0) is 31.6. The number of nitrogens with zero attached hydrogens (tertiary/aromatic N) is 4. The highest BCUT2D eigenvalue weighted by molar-refractivity contribution is 6.32. The smallest absolute Gasteiger partial charge is 0.330 e. The van der Waals surface area contributed by atoms with Gasteiger partial charge in [-0.2, -0.15) is 0 Å². The van der Waals surface area contributed by atoms with E-state index in [9.17, 15) is 19.5 Å². The van der Waals surface area contributed by atoms with E-state index in [1.807, 2.05) is 31.2 Å². The van der Waals surface area contributed by atoms with Crippen molar-refractivity contribution in [3.8, 4) is 5.88 Å². The van der Waals surface area contributed by atoms with Gasteiger partial charge in [0.05, 0.1) is 31.7 Å². The number of nitrogens with one attached hydrogen (secondary N) is 2. The summed E-state index contributed by atoms with van der Waals surface area (Å²) in [5, 5.41) is 17.2. The quantitative estimate of drug-likeness (QED) is 0.341. The molecular formula is C31H35ClN6O6. The number of amides is 1. The molecule has 0 saturated carbocycles. The molecule has 3 aromatic rings. The highest BCUT2D eigenvalue weighted by Crippen LogP contribution is 2.44. The molecule has 0 radical (unpaired) electrons. The van der Waals surface area contributed by atoms with E-state index < -0.39 is 34.7 Å². The first-order chi connectivity index (χ1) is 21.1. The van der Waals surface area contributed by atoms with Crippen LogP contribution in [0.1, 0.15) is 40.7 Å². The van der Waals surface area contributed by atoms with E-state index in [1.54, 1.807) is 24.4 Å². The number of aromatic nitrogens is 4. The molecule has 232 valence electrons. The summed E-state index contributed by atoms with van der Waals surface area (Å²) in [6.45, 7) is 3.00. The van der Waals surface area contributed by atoms with Gasteiger partial charge in [-0.25, -0.2) is 9.78 Å². The second kappa shape index (κ2) is 12.9. The number of aliphatic hydroxyl groups excluding tert-OH is 1. The summed E-state index contributed by atoms with van der Waals surface area (Å²) in [5.41, 5.74) is -0.314. The molecule has 3 heterocycles. The van der Waals surface area contributed by atoms with Gasteiger partial charge in [-0.3, -0.25) is 19.1 Å². The molecule has 1 aromatic carbocycles. The van der Waals surface area contributed by atoms with Gasteiger partial charge in [0.25, 0.3) is 11.5 Å². The molecule has 2 aromatic heterocycles. The van der Waals surface area contributed by atoms with Crippen molar-refractivity contribution in [2.75, 3.05) is 20.3 Å². The number of aliphatic hydroxyl groups is 1. The summed E-state index contributed by atoms with van der Waals surface area (Å²) in [6.07, 6.45) is 8.30. The first-order valence-corrected chi connectivity index (χ1v) is 14.6. The summed E-state index contributed by atoms with van der Waals surface area (Å²) < 4.78 is 13.0.